The van der Waals surface area contributed by atoms with Crippen LogP contribution < -0.4 is 0 Å². The molecule has 0 amide bonds. The molecule has 21 heavy (non-hydrogen) atoms. The molecule has 0 saturated heterocycles. The van der Waals surface area contributed by atoms with Gasteiger partial charge < -0.3 is 0 Å². The van der Waals surface area contributed by atoms with Crippen molar-refractivity contribution in [2.24, 2.45) is 0 Å². The van der Waals surface area contributed by atoms with Gasteiger partial charge in [0.2, 0.25) is 0 Å². The molecule has 3 rings (SSSR count). The van der Waals surface area contributed by atoms with Crippen molar-refractivity contribution < 1.29 is 4.79 Å². The highest BCUT2D eigenvalue weighted by Gasteiger charge is 2.25. The molecule has 0 heterocycles. The fourth-order valence-electron chi connectivity index (χ4n) is 3.31. The van der Waals surface area contributed by atoms with Gasteiger partial charge >= 0.3 is 0 Å². The molecule has 0 saturated carbocycles. The lowest BCUT2D eigenvalue weighted by Crippen LogP contribution is -2.20. The van der Waals surface area contributed by atoms with Crippen LogP contribution in [0.5, 0.6) is 0 Å². The summed E-state index contributed by atoms with van der Waals surface area (Å²) in [6.45, 7) is 2.15. The molecule has 1 unspecified atom stereocenters. The zero-order valence-corrected chi connectivity index (χ0v) is 12.6. The van der Waals surface area contributed by atoms with E-state index in [4.69, 9.17) is 0 Å². The molecule has 0 aliphatic heterocycles. The topological polar surface area (TPSA) is 17.1 Å². The minimum atomic E-state index is 0.0980. The Hall–Kier alpha value is -1.89. The predicted octanol–water partition coefficient (Wildman–Crippen LogP) is 4.48. The Morgan fingerprint density at radius 1 is 1.05 bits per heavy atom. The molecule has 0 fully saturated rings. The number of Topliss-reactive ketones (excluding diaryl/α,β-unsaturated/α-hetero) is 1. The van der Waals surface area contributed by atoms with E-state index in [1.54, 1.807) is 0 Å². The highest BCUT2D eigenvalue weighted by molar-refractivity contribution is 5.88. The van der Waals surface area contributed by atoms with Gasteiger partial charge in [-0.1, -0.05) is 55.5 Å². The lowest BCUT2D eigenvalue weighted by atomic mass is 9.79. The van der Waals surface area contributed by atoms with Gasteiger partial charge in [0.25, 0.3) is 0 Å². The van der Waals surface area contributed by atoms with E-state index >= 15 is 0 Å². The molecule has 2 aromatic rings. The summed E-state index contributed by atoms with van der Waals surface area (Å²) >= 11 is 0. The van der Waals surface area contributed by atoms with Gasteiger partial charge in [-0.05, 0) is 47.9 Å². The molecule has 1 aliphatic carbocycles. The Bertz CT molecular complexity index is 625. The minimum Gasteiger partial charge on any atom is -0.299 e. The average molecular weight is 278 g/mol. The number of ketones is 1. The molecule has 1 nitrogen and oxygen atoms in total. The molecule has 0 aromatic heterocycles. The first-order valence-corrected chi connectivity index (χ1v) is 7.96. The van der Waals surface area contributed by atoms with E-state index in [0.29, 0.717) is 12.2 Å². The smallest absolute Gasteiger partial charge is 0.144 e. The number of benzene rings is 2. The molecule has 108 valence electrons. The summed E-state index contributed by atoms with van der Waals surface area (Å²) in [7, 11) is 0. The third kappa shape index (κ3) is 3.07. The van der Waals surface area contributed by atoms with E-state index in [1.807, 2.05) is 0 Å². The average Bonchev–Trinajstić information content (AvgIpc) is 2.55. The molecule has 1 aliphatic rings. The number of rotatable bonds is 4. The van der Waals surface area contributed by atoms with Crippen LogP contribution in [-0.4, -0.2) is 5.78 Å². The Kier molecular flexibility index (Phi) is 4.19. The maximum atomic E-state index is 12.7. The first-order chi connectivity index (χ1) is 10.3. The van der Waals surface area contributed by atoms with Crippen molar-refractivity contribution in [3.05, 3.63) is 70.8 Å². The molecule has 0 N–H and O–H groups in total. The summed E-state index contributed by atoms with van der Waals surface area (Å²) < 4.78 is 0. The number of hydrogen-bond acceptors (Lipinski definition) is 1. The number of carbonyl (C=O) groups is 1. The van der Waals surface area contributed by atoms with Gasteiger partial charge in [0, 0.05) is 12.3 Å². The maximum absolute atomic E-state index is 12.7. The molecule has 0 bridgehead atoms. The van der Waals surface area contributed by atoms with E-state index in [1.165, 1.54) is 16.7 Å². The van der Waals surface area contributed by atoms with Crippen molar-refractivity contribution in [1.82, 2.24) is 0 Å². The Morgan fingerprint density at radius 3 is 2.52 bits per heavy atom. The van der Waals surface area contributed by atoms with Gasteiger partial charge in [-0.3, -0.25) is 4.79 Å². The normalized spacial score (nSPS) is 17.3. The van der Waals surface area contributed by atoms with Crippen LogP contribution >= 0.6 is 0 Å². The first kappa shape index (κ1) is 14.1. The van der Waals surface area contributed by atoms with E-state index < -0.39 is 0 Å². The first-order valence-electron chi connectivity index (χ1n) is 7.96. The number of hydrogen-bond donors (Lipinski definition) is 0. The summed E-state index contributed by atoms with van der Waals surface area (Å²) in [6.07, 6.45) is 4.85. The second-order valence-electron chi connectivity index (χ2n) is 5.96. The summed E-state index contributed by atoms with van der Waals surface area (Å²) in [5.74, 6) is 0.465. The van der Waals surface area contributed by atoms with Crippen molar-refractivity contribution in [1.29, 1.82) is 0 Å². The van der Waals surface area contributed by atoms with Crippen LogP contribution in [0.1, 0.15) is 47.9 Å². The molecular formula is C20H22O. The van der Waals surface area contributed by atoms with Crippen molar-refractivity contribution >= 4 is 5.78 Å². The zero-order valence-electron chi connectivity index (χ0n) is 12.6. The van der Waals surface area contributed by atoms with Gasteiger partial charge in [-0.15, -0.1) is 0 Å². The largest absolute Gasteiger partial charge is 0.299 e. The lowest BCUT2D eigenvalue weighted by Gasteiger charge is -2.24. The van der Waals surface area contributed by atoms with Crippen LogP contribution in [-0.2, 0) is 24.1 Å². The van der Waals surface area contributed by atoms with Gasteiger partial charge in [0.1, 0.15) is 5.78 Å². The number of fused-ring (bicyclic) bond motifs is 1. The summed E-state index contributed by atoms with van der Waals surface area (Å²) in [5.41, 5.74) is 5.09. The third-order valence-corrected chi connectivity index (χ3v) is 4.57. The monoisotopic (exact) mass is 278 g/mol. The standard InChI is InChI=1S/C20H22O/c1-2-15-10-12-16(13-11-15)14-20(21)19-9-5-7-17-6-3-4-8-18(17)19/h3-4,6,8,10-13,19H,2,5,7,9,14H2,1H3. The van der Waals surface area contributed by atoms with Crippen LogP contribution in [0.15, 0.2) is 48.5 Å². The maximum Gasteiger partial charge on any atom is 0.144 e. The van der Waals surface area contributed by atoms with Crippen LogP contribution in [0, 0.1) is 0 Å². The van der Waals surface area contributed by atoms with E-state index in [0.717, 1.165) is 31.2 Å². The molecule has 2 aromatic carbocycles. The third-order valence-electron chi connectivity index (χ3n) is 4.57. The molecular weight excluding hydrogens is 256 g/mol. The van der Waals surface area contributed by atoms with Crippen molar-refractivity contribution in [3.8, 4) is 0 Å². The molecule has 0 spiro atoms. The highest BCUT2D eigenvalue weighted by Crippen LogP contribution is 2.32. The van der Waals surface area contributed by atoms with Gasteiger partial charge in [-0.2, -0.15) is 0 Å². The van der Waals surface area contributed by atoms with Gasteiger partial charge in [-0.25, -0.2) is 0 Å². The van der Waals surface area contributed by atoms with E-state index in [9.17, 15) is 4.79 Å². The highest BCUT2D eigenvalue weighted by atomic mass is 16.1. The molecule has 1 heteroatoms. The zero-order chi connectivity index (χ0) is 14.7. The Labute approximate surface area is 127 Å². The van der Waals surface area contributed by atoms with Crippen molar-refractivity contribution in [2.45, 2.75) is 44.9 Å². The summed E-state index contributed by atoms with van der Waals surface area (Å²) in [4.78, 5) is 12.7. The van der Waals surface area contributed by atoms with Crippen LogP contribution in [0.2, 0.25) is 0 Å². The quantitative estimate of drug-likeness (QED) is 0.806. The fraction of sp³-hybridized carbons (Fsp3) is 0.350. The van der Waals surface area contributed by atoms with E-state index in [2.05, 4.69) is 55.5 Å². The SMILES string of the molecule is CCc1ccc(CC(=O)C2CCCc3ccccc32)cc1. The molecule has 1 atom stereocenters. The van der Waals surface area contributed by atoms with Gasteiger partial charge in [0.15, 0.2) is 0 Å². The van der Waals surface area contributed by atoms with E-state index in [-0.39, 0.29) is 5.92 Å². The van der Waals surface area contributed by atoms with Crippen molar-refractivity contribution in [2.75, 3.05) is 0 Å². The Morgan fingerprint density at radius 2 is 1.76 bits per heavy atom. The minimum absolute atomic E-state index is 0.0980. The lowest BCUT2D eigenvalue weighted by molar-refractivity contribution is -0.120. The second kappa shape index (κ2) is 6.26. The second-order valence-corrected chi connectivity index (χ2v) is 5.96. The van der Waals surface area contributed by atoms with Crippen LogP contribution in [0.25, 0.3) is 0 Å². The molecule has 0 radical (unpaired) electrons. The number of aryl methyl sites for hydroxylation is 2. The van der Waals surface area contributed by atoms with Gasteiger partial charge in [0.05, 0.1) is 0 Å². The predicted molar refractivity (Wildman–Crippen MR) is 86.7 cm³/mol. The summed E-state index contributed by atoms with van der Waals surface area (Å²) in [5, 5.41) is 0. The Balaban J connectivity index is 1.76. The summed E-state index contributed by atoms with van der Waals surface area (Å²) in [6, 6.07) is 16.9. The van der Waals surface area contributed by atoms with Crippen molar-refractivity contribution in [3.63, 3.8) is 0 Å². The number of carbonyl (C=O) groups excluding carboxylic acids is 1. The van der Waals surface area contributed by atoms with Crippen LogP contribution in [0.3, 0.4) is 0 Å². The fourth-order valence-corrected chi connectivity index (χ4v) is 3.31. The van der Waals surface area contributed by atoms with Crippen LogP contribution in [0.4, 0.5) is 0 Å².